The fourth-order valence-electron chi connectivity index (χ4n) is 2.24. The zero-order chi connectivity index (χ0) is 12.7. The summed E-state index contributed by atoms with van der Waals surface area (Å²) in [7, 11) is 0. The Bertz CT molecular complexity index is 233. The van der Waals surface area contributed by atoms with Crippen LogP contribution in [0.5, 0.6) is 0 Å². The maximum Gasteiger partial charge on any atom is 0.191 e. The van der Waals surface area contributed by atoms with E-state index in [1.807, 2.05) is 0 Å². The van der Waals surface area contributed by atoms with E-state index in [9.17, 15) is 0 Å². The number of nitrogens with zero attached hydrogens (tertiary/aromatic N) is 3. The standard InChI is InChI=1S/C13H28N4.HI/c1-4-17(5-2)13(14)15-8-11-16-9-6-12(3)7-10-16;/h12H,4-11H2,1-3H3,(H2,14,15);1H. The van der Waals surface area contributed by atoms with Crippen LogP contribution in [-0.2, 0) is 0 Å². The molecule has 0 unspecified atom stereocenters. The van der Waals surface area contributed by atoms with Gasteiger partial charge < -0.3 is 15.5 Å². The molecular weight excluding hydrogens is 339 g/mol. The zero-order valence-electron chi connectivity index (χ0n) is 12.1. The summed E-state index contributed by atoms with van der Waals surface area (Å²) in [5.74, 6) is 1.59. The lowest BCUT2D eigenvalue weighted by atomic mass is 9.99. The Morgan fingerprint density at radius 1 is 1.28 bits per heavy atom. The van der Waals surface area contributed by atoms with Gasteiger partial charge in [0.15, 0.2) is 5.96 Å². The van der Waals surface area contributed by atoms with Crippen molar-refractivity contribution in [2.24, 2.45) is 16.6 Å². The van der Waals surface area contributed by atoms with Crippen molar-refractivity contribution in [3.05, 3.63) is 0 Å². The summed E-state index contributed by atoms with van der Waals surface area (Å²) in [6.07, 6.45) is 2.66. The molecule has 1 heterocycles. The Balaban J connectivity index is 0.00000289. The highest BCUT2D eigenvalue weighted by Crippen LogP contribution is 2.15. The first-order valence-electron chi connectivity index (χ1n) is 6.94. The maximum absolute atomic E-state index is 5.93. The van der Waals surface area contributed by atoms with Gasteiger partial charge in [0.1, 0.15) is 0 Å². The summed E-state index contributed by atoms with van der Waals surface area (Å²) in [6.45, 7) is 12.8. The van der Waals surface area contributed by atoms with Gasteiger partial charge in [0.2, 0.25) is 0 Å². The van der Waals surface area contributed by atoms with Gasteiger partial charge in [-0.15, -0.1) is 24.0 Å². The third-order valence-corrected chi connectivity index (χ3v) is 3.65. The topological polar surface area (TPSA) is 44.9 Å². The molecular formula is C13H29IN4. The Labute approximate surface area is 129 Å². The van der Waals surface area contributed by atoms with E-state index in [0.717, 1.165) is 32.1 Å². The first-order chi connectivity index (χ1) is 8.17. The minimum Gasteiger partial charge on any atom is -0.370 e. The quantitative estimate of drug-likeness (QED) is 0.459. The van der Waals surface area contributed by atoms with Gasteiger partial charge in [-0.25, -0.2) is 0 Å². The molecule has 2 N–H and O–H groups in total. The van der Waals surface area contributed by atoms with Crippen molar-refractivity contribution in [1.29, 1.82) is 0 Å². The van der Waals surface area contributed by atoms with Crippen LogP contribution >= 0.6 is 24.0 Å². The Morgan fingerprint density at radius 3 is 2.33 bits per heavy atom. The van der Waals surface area contributed by atoms with Crippen LogP contribution in [0.3, 0.4) is 0 Å². The van der Waals surface area contributed by atoms with Gasteiger partial charge in [-0.2, -0.15) is 0 Å². The predicted octanol–water partition coefficient (Wildman–Crippen LogP) is 1.99. The van der Waals surface area contributed by atoms with Crippen LogP contribution in [0.2, 0.25) is 0 Å². The number of hydrogen-bond donors (Lipinski definition) is 1. The van der Waals surface area contributed by atoms with Crippen LogP contribution in [0, 0.1) is 5.92 Å². The number of halogens is 1. The molecule has 5 heteroatoms. The first kappa shape index (κ1) is 18.0. The highest BCUT2D eigenvalue weighted by molar-refractivity contribution is 14.0. The van der Waals surface area contributed by atoms with Crippen molar-refractivity contribution in [2.45, 2.75) is 33.6 Å². The second-order valence-electron chi connectivity index (χ2n) is 4.94. The summed E-state index contributed by atoms with van der Waals surface area (Å²) in [4.78, 5) is 9.05. The second kappa shape index (κ2) is 9.83. The fourth-order valence-corrected chi connectivity index (χ4v) is 2.24. The third-order valence-electron chi connectivity index (χ3n) is 3.65. The number of guanidine groups is 1. The predicted molar refractivity (Wildman–Crippen MR) is 89.7 cm³/mol. The molecule has 0 saturated carbocycles. The van der Waals surface area contributed by atoms with E-state index < -0.39 is 0 Å². The van der Waals surface area contributed by atoms with Crippen LogP contribution in [0.1, 0.15) is 33.6 Å². The van der Waals surface area contributed by atoms with Crippen LogP contribution in [0.25, 0.3) is 0 Å². The van der Waals surface area contributed by atoms with Gasteiger partial charge >= 0.3 is 0 Å². The number of rotatable bonds is 5. The van der Waals surface area contributed by atoms with E-state index in [1.165, 1.54) is 25.9 Å². The van der Waals surface area contributed by atoms with Crippen LogP contribution < -0.4 is 5.73 Å². The van der Waals surface area contributed by atoms with Crippen molar-refractivity contribution in [3.8, 4) is 0 Å². The van der Waals surface area contributed by atoms with Gasteiger partial charge in [0.05, 0.1) is 6.54 Å². The summed E-state index contributed by atoms with van der Waals surface area (Å²) < 4.78 is 0. The molecule has 0 bridgehead atoms. The van der Waals surface area contributed by atoms with Crippen LogP contribution in [0.15, 0.2) is 4.99 Å². The SMILES string of the molecule is CCN(CC)C(N)=NCCN1CCC(C)CC1.I. The molecule has 0 aromatic heterocycles. The van der Waals surface area contributed by atoms with Crippen molar-refractivity contribution in [1.82, 2.24) is 9.80 Å². The smallest absolute Gasteiger partial charge is 0.191 e. The molecule has 1 saturated heterocycles. The van der Waals surface area contributed by atoms with E-state index in [1.54, 1.807) is 0 Å². The molecule has 1 fully saturated rings. The number of aliphatic imine (C=N–C) groups is 1. The highest BCUT2D eigenvalue weighted by Gasteiger charge is 2.14. The summed E-state index contributed by atoms with van der Waals surface area (Å²) in [5, 5.41) is 0. The number of likely N-dealkylation sites (tertiary alicyclic amines) is 1. The first-order valence-corrected chi connectivity index (χ1v) is 6.94. The van der Waals surface area contributed by atoms with Crippen molar-refractivity contribution >= 4 is 29.9 Å². The lowest BCUT2D eigenvalue weighted by Gasteiger charge is -2.29. The maximum atomic E-state index is 5.93. The summed E-state index contributed by atoms with van der Waals surface area (Å²) in [5.41, 5.74) is 5.93. The molecule has 4 nitrogen and oxygen atoms in total. The lowest BCUT2D eigenvalue weighted by Crippen LogP contribution is -2.38. The van der Waals surface area contributed by atoms with Gasteiger partial charge in [-0.1, -0.05) is 6.92 Å². The summed E-state index contributed by atoms with van der Waals surface area (Å²) in [6, 6.07) is 0. The largest absolute Gasteiger partial charge is 0.370 e. The summed E-state index contributed by atoms with van der Waals surface area (Å²) >= 11 is 0. The van der Waals surface area contributed by atoms with E-state index in [2.05, 4.69) is 35.6 Å². The Hall–Kier alpha value is -0.0400. The molecule has 18 heavy (non-hydrogen) atoms. The molecule has 0 aromatic rings. The molecule has 0 amide bonds. The van der Waals surface area contributed by atoms with Crippen molar-refractivity contribution in [2.75, 3.05) is 39.3 Å². The highest BCUT2D eigenvalue weighted by atomic mass is 127. The minimum atomic E-state index is 0. The lowest BCUT2D eigenvalue weighted by molar-refractivity contribution is 0.197. The van der Waals surface area contributed by atoms with Gasteiger partial charge in [-0.05, 0) is 45.7 Å². The van der Waals surface area contributed by atoms with Crippen molar-refractivity contribution in [3.63, 3.8) is 0 Å². The molecule has 108 valence electrons. The van der Waals surface area contributed by atoms with Crippen LogP contribution in [-0.4, -0.2) is 55.0 Å². The van der Waals surface area contributed by atoms with E-state index in [0.29, 0.717) is 5.96 Å². The molecule has 0 atom stereocenters. The fraction of sp³-hybridized carbons (Fsp3) is 0.923. The van der Waals surface area contributed by atoms with Gasteiger partial charge in [-0.3, -0.25) is 4.99 Å². The third kappa shape index (κ3) is 6.22. The van der Waals surface area contributed by atoms with Crippen LogP contribution in [0.4, 0.5) is 0 Å². The molecule has 1 aliphatic rings. The number of piperidine rings is 1. The average Bonchev–Trinajstić information content (AvgIpc) is 2.33. The Kier molecular flexibility index (Phi) is 9.81. The van der Waals surface area contributed by atoms with Crippen molar-refractivity contribution < 1.29 is 0 Å². The molecule has 0 aromatic carbocycles. The van der Waals surface area contributed by atoms with Gasteiger partial charge in [0, 0.05) is 19.6 Å². The zero-order valence-corrected chi connectivity index (χ0v) is 14.4. The minimum absolute atomic E-state index is 0. The number of hydrogen-bond acceptors (Lipinski definition) is 2. The average molecular weight is 368 g/mol. The normalized spacial score (nSPS) is 18.5. The number of nitrogens with two attached hydrogens (primary N) is 1. The molecule has 1 aliphatic heterocycles. The molecule has 0 radical (unpaired) electrons. The molecule has 1 rings (SSSR count). The molecule has 0 aliphatic carbocycles. The van der Waals surface area contributed by atoms with Gasteiger partial charge in [0.25, 0.3) is 0 Å². The van der Waals surface area contributed by atoms with E-state index >= 15 is 0 Å². The van der Waals surface area contributed by atoms with E-state index in [4.69, 9.17) is 5.73 Å². The Morgan fingerprint density at radius 2 is 1.83 bits per heavy atom. The monoisotopic (exact) mass is 368 g/mol. The second-order valence-corrected chi connectivity index (χ2v) is 4.94. The molecule has 0 spiro atoms. The van der Waals surface area contributed by atoms with E-state index in [-0.39, 0.29) is 24.0 Å².